The number of carbonyl (C=O) groups excluding carboxylic acids is 3. The summed E-state index contributed by atoms with van der Waals surface area (Å²) in [6.07, 6.45) is 5.55. The number of nitrogens with one attached hydrogen (secondary N) is 1. The maximum absolute atomic E-state index is 13.5. The van der Waals surface area contributed by atoms with E-state index in [1.54, 1.807) is 43.3 Å². The van der Waals surface area contributed by atoms with Gasteiger partial charge < -0.3 is 10.2 Å². The van der Waals surface area contributed by atoms with Crippen LogP contribution in [0.4, 0.5) is 16.2 Å². The molecular formula is C28H37N5O3. The number of likely N-dealkylation sites (tertiary alicyclic amines) is 1. The van der Waals surface area contributed by atoms with Crippen molar-refractivity contribution in [1.82, 2.24) is 14.8 Å². The molecule has 8 nitrogen and oxygen atoms in total. The number of nitrogens with zero attached hydrogens (tertiary/aromatic N) is 4. The second kappa shape index (κ2) is 10.4. The van der Waals surface area contributed by atoms with Crippen LogP contribution in [0.5, 0.6) is 0 Å². The zero-order valence-electron chi connectivity index (χ0n) is 22.0. The molecule has 0 bridgehead atoms. The molecule has 0 atom stereocenters. The van der Waals surface area contributed by atoms with Gasteiger partial charge in [-0.2, -0.15) is 0 Å². The lowest BCUT2D eigenvalue weighted by Crippen LogP contribution is -2.43. The topological polar surface area (TPSA) is 85.8 Å². The lowest BCUT2D eigenvalue weighted by molar-refractivity contribution is -0.123. The number of urea groups is 1. The van der Waals surface area contributed by atoms with Gasteiger partial charge in [0.25, 0.3) is 5.91 Å². The molecule has 1 aromatic heterocycles. The predicted octanol–water partition coefficient (Wildman–Crippen LogP) is 4.62. The van der Waals surface area contributed by atoms with Gasteiger partial charge in [0.15, 0.2) is 0 Å². The highest BCUT2D eigenvalue weighted by Crippen LogP contribution is 2.36. The van der Waals surface area contributed by atoms with Crippen molar-refractivity contribution in [2.24, 2.45) is 5.92 Å². The van der Waals surface area contributed by atoms with Crippen molar-refractivity contribution >= 4 is 29.2 Å². The molecule has 2 saturated heterocycles. The second-order valence-corrected chi connectivity index (χ2v) is 10.9. The van der Waals surface area contributed by atoms with Crippen LogP contribution in [-0.4, -0.2) is 57.8 Å². The Morgan fingerprint density at radius 2 is 1.78 bits per heavy atom. The largest absolute Gasteiger partial charge is 0.332 e. The molecule has 36 heavy (non-hydrogen) atoms. The molecule has 0 unspecified atom stereocenters. The van der Waals surface area contributed by atoms with Crippen LogP contribution in [0.25, 0.3) is 0 Å². The molecule has 192 valence electrons. The molecule has 2 fully saturated rings. The predicted molar refractivity (Wildman–Crippen MR) is 141 cm³/mol. The summed E-state index contributed by atoms with van der Waals surface area (Å²) in [5, 5.41) is 3.07. The number of hydrogen-bond acceptors (Lipinski definition) is 5. The van der Waals surface area contributed by atoms with Crippen LogP contribution in [-0.2, 0) is 16.1 Å². The number of aromatic nitrogens is 1. The summed E-state index contributed by atoms with van der Waals surface area (Å²) in [5.74, 6) is 0.488. The molecule has 0 saturated carbocycles. The first kappa shape index (κ1) is 25.8. The summed E-state index contributed by atoms with van der Waals surface area (Å²) in [7, 11) is 0. The number of piperidine rings is 1. The van der Waals surface area contributed by atoms with E-state index in [1.165, 1.54) is 4.90 Å². The van der Waals surface area contributed by atoms with Crippen molar-refractivity contribution in [2.75, 3.05) is 29.9 Å². The van der Waals surface area contributed by atoms with Crippen molar-refractivity contribution in [2.45, 2.75) is 65.5 Å². The molecular weight excluding hydrogens is 454 g/mol. The van der Waals surface area contributed by atoms with E-state index in [0.717, 1.165) is 37.1 Å². The molecule has 4 amide bonds. The fourth-order valence-corrected chi connectivity index (χ4v) is 4.91. The number of anilines is 2. The Labute approximate surface area is 213 Å². The van der Waals surface area contributed by atoms with Crippen LogP contribution in [0.2, 0.25) is 0 Å². The fourth-order valence-electron chi connectivity index (χ4n) is 4.91. The van der Waals surface area contributed by atoms with Crippen LogP contribution >= 0.6 is 0 Å². The van der Waals surface area contributed by atoms with E-state index in [-0.39, 0.29) is 23.8 Å². The highest BCUT2D eigenvalue weighted by atomic mass is 16.2. The Morgan fingerprint density at radius 3 is 2.42 bits per heavy atom. The number of imide groups is 1. The average molecular weight is 492 g/mol. The Balaban J connectivity index is 1.57. The van der Waals surface area contributed by atoms with E-state index >= 15 is 0 Å². The highest BCUT2D eigenvalue weighted by Gasteiger charge is 2.51. The van der Waals surface area contributed by atoms with E-state index in [4.69, 9.17) is 0 Å². The normalized spacial score (nSPS) is 18.8. The van der Waals surface area contributed by atoms with Gasteiger partial charge in [0.05, 0.1) is 12.2 Å². The number of pyridine rings is 1. The fraction of sp³-hybridized carbons (Fsp3) is 0.500. The second-order valence-electron chi connectivity index (χ2n) is 10.9. The van der Waals surface area contributed by atoms with Gasteiger partial charge >= 0.3 is 6.03 Å². The quantitative estimate of drug-likeness (QED) is 0.571. The van der Waals surface area contributed by atoms with Crippen molar-refractivity contribution < 1.29 is 14.4 Å². The van der Waals surface area contributed by atoms with Gasteiger partial charge in [-0.25, -0.2) is 9.69 Å². The molecule has 8 heteroatoms. The highest BCUT2D eigenvalue weighted by molar-refractivity contribution is 6.23. The van der Waals surface area contributed by atoms with Crippen LogP contribution < -0.4 is 10.2 Å². The molecule has 2 aliphatic rings. The summed E-state index contributed by atoms with van der Waals surface area (Å²) in [6.45, 7) is 12.4. The summed E-state index contributed by atoms with van der Waals surface area (Å²) < 4.78 is 0. The average Bonchev–Trinajstić information content (AvgIpc) is 3.00. The van der Waals surface area contributed by atoms with Gasteiger partial charge in [0, 0.05) is 24.6 Å². The van der Waals surface area contributed by atoms with Gasteiger partial charge in [0.2, 0.25) is 5.91 Å². The first-order chi connectivity index (χ1) is 17.1. The zero-order valence-corrected chi connectivity index (χ0v) is 22.0. The molecule has 1 N–H and O–H groups in total. The molecule has 1 aromatic carbocycles. The van der Waals surface area contributed by atoms with Gasteiger partial charge in [-0.3, -0.25) is 19.5 Å². The lowest BCUT2D eigenvalue weighted by Gasteiger charge is -2.29. The first-order valence-electron chi connectivity index (χ1n) is 12.8. The third kappa shape index (κ3) is 5.28. The molecule has 0 spiro atoms. The maximum atomic E-state index is 13.5. The Bertz CT molecular complexity index is 1120. The first-order valence-corrected chi connectivity index (χ1v) is 12.8. The number of carbonyl (C=O) groups is 3. The van der Waals surface area contributed by atoms with E-state index in [1.807, 2.05) is 18.2 Å². The summed E-state index contributed by atoms with van der Waals surface area (Å²) in [5.41, 5.74) is 1.96. The third-order valence-electron chi connectivity index (χ3n) is 7.35. The molecule has 2 aliphatic heterocycles. The summed E-state index contributed by atoms with van der Waals surface area (Å²) in [6, 6.07) is 8.75. The number of amides is 4. The van der Waals surface area contributed by atoms with Gasteiger partial charge in [-0.15, -0.1) is 0 Å². The third-order valence-corrected chi connectivity index (χ3v) is 7.35. The van der Waals surface area contributed by atoms with E-state index < -0.39 is 5.54 Å². The zero-order chi connectivity index (χ0) is 26.0. The van der Waals surface area contributed by atoms with Gasteiger partial charge in [0.1, 0.15) is 5.54 Å². The van der Waals surface area contributed by atoms with Crippen molar-refractivity contribution in [3.05, 3.63) is 53.9 Å². The monoisotopic (exact) mass is 491 g/mol. The van der Waals surface area contributed by atoms with Crippen LogP contribution in [0.3, 0.4) is 0 Å². The minimum absolute atomic E-state index is 0.0812. The standard InChI is InChI=1S/C28H37N5O3/c1-19(2)23-7-6-22(16-24(23)30-25(34)18-31-14-10-20(3)11-15-31)33-26(35)28(4,5)32(27(33)36)17-21-8-12-29-13-9-21/h6-9,12-13,16,19-20H,10-11,14-15,17-18H2,1-5H3,(H,30,34). The molecule has 4 rings (SSSR count). The van der Waals surface area contributed by atoms with Crippen LogP contribution in [0.1, 0.15) is 64.5 Å². The Kier molecular flexibility index (Phi) is 7.45. The van der Waals surface area contributed by atoms with E-state index in [0.29, 0.717) is 30.4 Å². The van der Waals surface area contributed by atoms with Crippen molar-refractivity contribution in [3.63, 3.8) is 0 Å². The van der Waals surface area contributed by atoms with E-state index in [9.17, 15) is 14.4 Å². The van der Waals surface area contributed by atoms with Crippen LogP contribution in [0, 0.1) is 5.92 Å². The van der Waals surface area contributed by atoms with Crippen molar-refractivity contribution in [3.8, 4) is 0 Å². The summed E-state index contributed by atoms with van der Waals surface area (Å²) >= 11 is 0. The van der Waals surface area contributed by atoms with Gasteiger partial charge in [-0.1, -0.05) is 26.8 Å². The number of rotatable bonds is 7. The number of hydrogen-bond donors (Lipinski definition) is 1. The Hall–Kier alpha value is -3.26. The molecule has 0 aliphatic carbocycles. The van der Waals surface area contributed by atoms with Gasteiger partial charge in [-0.05, 0) is 87.0 Å². The summed E-state index contributed by atoms with van der Waals surface area (Å²) in [4.78, 5) is 48.9. The van der Waals surface area contributed by atoms with Crippen molar-refractivity contribution in [1.29, 1.82) is 0 Å². The number of benzene rings is 1. The van der Waals surface area contributed by atoms with Crippen LogP contribution in [0.15, 0.2) is 42.7 Å². The minimum atomic E-state index is -1.01. The molecule has 0 radical (unpaired) electrons. The Morgan fingerprint density at radius 1 is 1.11 bits per heavy atom. The maximum Gasteiger partial charge on any atom is 0.332 e. The van der Waals surface area contributed by atoms with E-state index in [2.05, 4.69) is 36.0 Å². The lowest BCUT2D eigenvalue weighted by atomic mass is 9.99. The molecule has 3 heterocycles. The minimum Gasteiger partial charge on any atom is -0.325 e. The molecule has 2 aromatic rings. The SMILES string of the molecule is CC1CCN(CC(=O)Nc2cc(N3C(=O)N(Cc4ccncc4)C(C)(C)C3=O)ccc2C(C)C)CC1. The smallest absolute Gasteiger partial charge is 0.325 e.